The molecule has 0 saturated carbocycles. The number of aliphatic imine (C=N–C) groups is 1. The molecule has 7 nitrogen and oxygen atoms in total. The number of hydrogen-bond donors (Lipinski definition) is 1. The molecule has 156 valence electrons. The van der Waals surface area contributed by atoms with Crippen LogP contribution < -0.4 is 10.6 Å². The van der Waals surface area contributed by atoms with E-state index < -0.39 is 0 Å². The predicted octanol–water partition coefficient (Wildman–Crippen LogP) is 1.96. The van der Waals surface area contributed by atoms with E-state index in [1.165, 1.54) is 11.1 Å². The Hall–Kier alpha value is -2.16. The number of morpholine rings is 1. The lowest BCUT2D eigenvalue weighted by atomic mass is 10.0. The van der Waals surface area contributed by atoms with Crippen molar-refractivity contribution < 1.29 is 4.74 Å². The van der Waals surface area contributed by atoms with Crippen molar-refractivity contribution in [3.8, 4) is 0 Å². The molecular formula is C21H30N6OS. The molecule has 29 heavy (non-hydrogen) atoms. The Balaban J connectivity index is 1.41. The largest absolute Gasteiger partial charge is 0.379 e. The molecule has 2 aliphatic heterocycles. The van der Waals surface area contributed by atoms with Gasteiger partial charge < -0.3 is 20.3 Å². The lowest BCUT2D eigenvalue weighted by Crippen LogP contribution is -2.51. The number of benzene rings is 1. The maximum atomic E-state index is 6.40. The molecule has 2 aliphatic rings. The van der Waals surface area contributed by atoms with Gasteiger partial charge in [0.15, 0.2) is 11.1 Å². The number of thiazole rings is 1. The van der Waals surface area contributed by atoms with Crippen molar-refractivity contribution in [1.29, 1.82) is 0 Å². The highest BCUT2D eigenvalue weighted by molar-refractivity contribution is 7.13. The van der Waals surface area contributed by atoms with Crippen molar-refractivity contribution >= 4 is 22.4 Å². The molecule has 8 heteroatoms. The summed E-state index contributed by atoms with van der Waals surface area (Å²) >= 11 is 1.69. The van der Waals surface area contributed by atoms with Gasteiger partial charge in [-0.2, -0.15) is 0 Å². The summed E-state index contributed by atoms with van der Waals surface area (Å²) in [5, 5.41) is 3.11. The van der Waals surface area contributed by atoms with Gasteiger partial charge in [-0.15, -0.1) is 11.3 Å². The molecular weight excluding hydrogens is 384 g/mol. The van der Waals surface area contributed by atoms with Crippen LogP contribution in [0.25, 0.3) is 0 Å². The number of aryl methyl sites for hydroxylation is 1. The molecule has 0 spiro atoms. The van der Waals surface area contributed by atoms with Crippen LogP contribution in [0.4, 0.5) is 5.13 Å². The van der Waals surface area contributed by atoms with Gasteiger partial charge in [-0.25, -0.2) is 4.98 Å². The fraction of sp³-hybridized carbons (Fsp3) is 0.524. The van der Waals surface area contributed by atoms with E-state index in [2.05, 4.69) is 50.9 Å². The number of rotatable bonds is 5. The summed E-state index contributed by atoms with van der Waals surface area (Å²) < 4.78 is 5.55. The minimum absolute atomic E-state index is 0.231. The van der Waals surface area contributed by atoms with Crippen molar-refractivity contribution in [2.45, 2.75) is 13.0 Å². The number of hydrogen-bond acceptors (Lipinski definition) is 6. The lowest BCUT2D eigenvalue weighted by Gasteiger charge is -2.36. The zero-order chi connectivity index (χ0) is 20.1. The fourth-order valence-electron chi connectivity index (χ4n) is 3.98. The number of aromatic nitrogens is 1. The molecule has 1 aromatic heterocycles. The summed E-state index contributed by atoms with van der Waals surface area (Å²) in [5.74, 6) is 0.648. The average molecular weight is 415 g/mol. The zero-order valence-electron chi connectivity index (χ0n) is 17.0. The van der Waals surface area contributed by atoms with Crippen molar-refractivity contribution in [2.75, 3.05) is 63.9 Å². The Labute approximate surface area is 176 Å². The number of ether oxygens (including phenoxy) is 1. The van der Waals surface area contributed by atoms with Gasteiger partial charge in [-0.1, -0.05) is 29.8 Å². The van der Waals surface area contributed by atoms with Crippen molar-refractivity contribution in [3.63, 3.8) is 0 Å². The third-order valence-corrected chi connectivity index (χ3v) is 6.47. The third-order valence-electron chi connectivity index (χ3n) is 5.63. The Bertz CT molecular complexity index is 797. The molecule has 1 atom stereocenters. The van der Waals surface area contributed by atoms with Crippen molar-refractivity contribution in [2.24, 2.45) is 10.7 Å². The molecule has 2 saturated heterocycles. The van der Waals surface area contributed by atoms with Gasteiger partial charge in [0.25, 0.3) is 0 Å². The first-order valence-electron chi connectivity index (χ1n) is 10.3. The minimum Gasteiger partial charge on any atom is -0.379 e. The van der Waals surface area contributed by atoms with Crippen molar-refractivity contribution in [1.82, 2.24) is 14.8 Å². The maximum Gasteiger partial charge on any atom is 0.191 e. The van der Waals surface area contributed by atoms with Crippen LogP contribution in [0.2, 0.25) is 0 Å². The number of anilines is 1. The van der Waals surface area contributed by atoms with Gasteiger partial charge in [-0.3, -0.25) is 9.89 Å². The van der Waals surface area contributed by atoms with Crippen LogP contribution in [0.3, 0.4) is 0 Å². The van der Waals surface area contributed by atoms with Gasteiger partial charge in [0.1, 0.15) is 0 Å². The Morgan fingerprint density at radius 1 is 1.21 bits per heavy atom. The van der Waals surface area contributed by atoms with Crippen LogP contribution in [-0.4, -0.2) is 79.8 Å². The third kappa shape index (κ3) is 5.07. The first kappa shape index (κ1) is 20.1. The van der Waals surface area contributed by atoms with Crippen LogP contribution in [0.15, 0.2) is 40.8 Å². The lowest BCUT2D eigenvalue weighted by molar-refractivity contribution is 0.0179. The monoisotopic (exact) mass is 414 g/mol. The number of nitrogens with two attached hydrogens (primary N) is 1. The first-order chi connectivity index (χ1) is 14.2. The fourth-order valence-corrected chi connectivity index (χ4v) is 4.67. The smallest absolute Gasteiger partial charge is 0.191 e. The molecule has 2 N–H and O–H groups in total. The van der Waals surface area contributed by atoms with Crippen molar-refractivity contribution in [3.05, 3.63) is 47.0 Å². The Morgan fingerprint density at radius 2 is 2.00 bits per heavy atom. The highest BCUT2D eigenvalue weighted by atomic mass is 32.1. The standard InChI is InChI=1S/C21H30N6OS/c1-17-3-2-4-18(15-17)19(25-10-12-28-13-11-25)16-24-20(22)26-6-8-27(9-7-26)21-23-5-14-29-21/h2-5,14-15,19H,6-13,16H2,1H3,(H2,22,24). The highest BCUT2D eigenvalue weighted by Gasteiger charge is 2.24. The van der Waals surface area contributed by atoms with E-state index in [-0.39, 0.29) is 6.04 Å². The van der Waals surface area contributed by atoms with Crippen LogP contribution in [0.1, 0.15) is 17.2 Å². The zero-order valence-corrected chi connectivity index (χ0v) is 17.9. The maximum absolute atomic E-state index is 6.40. The van der Waals surface area contributed by atoms with E-state index in [0.717, 1.165) is 57.6 Å². The molecule has 0 aliphatic carbocycles. The quantitative estimate of drug-likeness (QED) is 0.596. The molecule has 0 amide bonds. The summed E-state index contributed by atoms with van der Waals surface area (Å²) in [7, 11) is 0. The SMILES string of the molecule is Cc1cccc(C(CN=C(N)N2CCN(c3nccs3)CC2)N2CCOCC2)c1. The normalized spacial score (nSPS) is 20.1. The van der Waals surface area contributed by atoms with Crippen LogP contribution in [0.5, 0.6) is 0 Å². The minimum atomic E-state index is 0.231. The average Bonchev–Trinajstić information content (AvgIpc) is 3.30. The van der Waals surface area contributed by atoms with Crippen LogP contribution >= 0.6 is 11.3 Å². The van der Waals surface area contributed by atoms with Gasteiger partial charge in [0, 0.05) is 50.8 Å². The molecule has 2 aromatic rings. The number of guanidine groups is 1. The van der Waals surface area contributed by atoms with Gasteiger partial charge in [-0.05, 0) is 12.5 Å². The van der Waals surface area contributed by atoms with E-state index in [1.807, 2.05) is 11.6 Å². The van der Waals surface area contributed by atoms with Crippen LogP contribution in [-0.2, 0) is 4.74 Å². The highest BCUT2D eigenvalue weighted by Crippen LogP contribution is 2.24. The number of nitrogens with zero attached hydrogens (tertiary/aromatic N) is 5. The topological polar surface area (TPSA) is 70.2 Å². The summed E-state index contributed by atoms with van der Waals surface area (Å²) in [6, 6.07) is 8.96. The molecule has 4 rings (SSSR count). The summed E-state index contributed by atoms with van der Waals surface area (Å²) in [4.78, 5) is 16.2. The molecule has 1 unspecified atom stereocenters. The van der Waals surface area contributed by atoms with E-state index in [0.29, 0.717) is 12.5 Å². The summed E-state index contributed by atoms with van der Waals surface area (Å²) in [5.41, 5.74) is 8.98. The number of piperazine rings is 1. The van der Waals surface area contributed by atoms with E-state index in [1.54, 1.807) is 11.3 Å². The molecule has 1 aromatic carbocycles. The van der Waals surface area contributed by atoms with E-state index >= 15 is 0 Å². The Morgan fingerprint density at radius 3 is 2.69 bits per heavy atom. The molecule has 0 bridgehead atoms. The summed E-state index contributed by atoms with van der Waals surface area (Å²) in [6.45, 7) is 9.83. The molecule has 3 heterocycles. The first-order valence-corrected chi connectivity index (χ1v) is 11.2. The second-order valence-corrected chi connectivity index (χ2v) is 8.44. The molecule has 0 radical (unpaired) electrons. The van der Waals surface area contributed by atoms with Gasteiger partial charge in [0.05, 0.1) is 25.8 Å². The Kier molecular flexibility index (Phi) is 6.63. The second-order valence-electron chi connectivity index (χ2n) is 7.57. The van der Waals surface area contributed by atoms with E-state index in [4.69, 9.17) is 15.5 Å². The van der Waals surface area contributed by atoms with Crippen LogP contribution in [0, 0.1) is 6.92 Å². The van der Waals surface area contributed by atoms with Gasteiger partial charge in [0.2, 0.25) is 0 Å². The molecule has 2 fully saturated rings. The summed E-state index contributed by atoms with van der Waals surface area (Å²) in [6.07, 6.45) is 1.86. The van der Waals surface area contributed by atoms with E-state index in [9.17, 15) is 0 Å². The predicted molar refractivity (Wildman–Crippen MR) is 119 cm³/mol. The second kappa shape index (κ2) is 9.56. The van der Waals surface area contributed by atoms with Gasteiger partial charge >= 0.3 is 0 Å².